The monoisotopic (exact) mass is 235 g/mol. The number of β-lactam (4-membered cyclic amide) rings is 1. The Balaban J connectivity index is 2.42. The molecule has 0 saturated carbocycles. The van der Waals surface area contributed by atoms with E-state index in [9.17, 15) is 14.7 Å². The molecular formula is C12H13NO4. The molecule has 5 nitrogen and oxygen atoms in total. The van der Waals surface area contributed by atoms with Crippen molar-refractivity contribution in [2.24, 2.45) is 0 Å². The van der Waals surface area contributed by atoms with Gasteiger partial charge in [-0.2, -0.15) is 0 Å². The number of benzene rings is 1. The molecule has 17 heavy (non-hydrogen) atoms. The van der Waals surface area contributed by atoms with Crippen LogP contribution in [0.15, 0.2) is 24.3 Å². The molecule has 1 aliphatic rings. The summed E-state index contributed by atoms with van der Waals surface area (Å²) in [6, 6.07) is 6.21. The van der Waals surface area contributed by atoms with Crippen molar-refractivity contribution in [3.05, 3.63) is 29.8 Å². The third kappa shape index (κ3) is 1.73. The molecule has 1 fully saturated rings. The highest BCUT2D eigenvalue weighted by atomic mass is 16.6. The lowest BCUT2D eigenvalue weighted by Gasteiger charge is -2.45. The molecule has 1 aromatic rings. The van der Waals surface area contributed by atoms with Crippen LogP contribution in [0.5, 0.6) is 5.75 Å². The fraction of sp³-hybridized carbons (Fsp3) is 0.333. The van der Waals surface area contributed by atoms with Crippen LogP contribution in [0.3, 0.4) is 0 Å². The van der Waals surface area contributed by atoms with Crippen LogP contribution < -0.4 is 0 Å². The summed E-state index contributed by atoms with van der Waals surface area (Å²) in [4.78, 5) is 24.5. The quantitative estimate of drug-likeness (QED) is 0.603. The maximum Gasteiger partial charge on any atom is 0.304 e. The summed E-state index contributed by atoms with van der Waals surface area (Å²) < 4.78 is 5.16. The van der Waals surface area contributed by atoms with Gasteiger partial charge in [-0.05, 0) is 12.1 Å². The van der Waals surface area contributed by atoms with Crippen LogP contribution in [0, 0.1) is 0 Å². The molecule has 0 aliphatic carbocycles. The highest BCUT2D eigenvalue weighted by molar-refractivity contribution is 5.94. The molecule has 1 saturated heterocycles. The Bertz CT molecular complexity index is 485. The fourth-order valence-electron chi connectivity index (χ4n) is 2.04. The van der Waals surface area contributed by atoms with Gasteiger partial charge in [0.1, 0.15) is 5.75 Å². The van der Waals surface area contributed by atoms with Crippen LogP contribution in [0.25, 0.3) is 0 Å². The van der Waals surface area contributed by atoms with E-state index < -0.39 is 11.6 Å². The first kappa shape index (κ1) is 11.4. The van der Waals surface area contributed by atoms with Crippen molar-refractivity contribution in [2.45, 2.75) is 12.5 Å². The second-order valence-electron chi connectivity index (χ2n) is 4.13. The number of hydrogen-bond acceptors (Lipinski definition) is 4. The maximum atomic E-state index is 11.9. The Labute approximate surface area is 98.6 Å². The molecule has 0 radical (unpaired) electrons. The molecule has 0 bridgehead atoms. The van der Waals surface area contributed by atoms with Crippen molar-refractivity contribution < 1.29 is 19.4 Å². The van der Waals surface area contributed by atoms with Gasteiger partial charge >= 0.3 is 5.97 Å². The van der Waals surface area contributed by atoms with Crippen LogP contribution in [0.1, 0.15) is 12.5 Å². The first-order valence-electron chi connectivity index (χ1n) is 5.20. The van der Waals surface area contributed by atoms with E-state index in [0.29, 0.717) is 12.1 Å². The van der Waals surface area contributed by atoms with E-state index in [2.05, 4.69) is 0 Å². The highest BCUT2D eigenvalue weighted by Crippen LogP contribution is 2.37. The van der Waals surface area contributed by atoms with Crippen molar-refractivity contribution in [3.8, 4) is 5.75 Å². The van der Waals surface area contributed by atoms with Crippen LogP contribution in [0.2, 0.25) is 0 Å². The van der Waals surface area contributed by atoms with Crippen molar-refractivity contribution in [1.82, 2.24) is 4.90 Å². The van der Waals surface area contributed by atoms with E-state index in [1.54, 1.807) is 19.2 Å². The van der Waals surface area contributed by atoms with Crippen LogP contribution in [-0.2, 0) is 19.9 Å². The Morgan fingerprint density at radius 1 is 1.53 bits per heavy atom. The largest absolute Gasteiger partial charge is 0.508 e. The van der Waals surface area contributed by atoms with E-state index in [1.165, 1.54) is 24.0 Å². The lowest BCUT2D eigenvalue weighted by atomic mass is 9.85. The molecule has 0 aromatic heterocycles. The Morgan fingerprint density at radius 3 is 2.71 bits per heavy atom. The standard InChI is InChI=1S/C12H13NO4/c1-8(14)17-12(7-13(2)11(12)16)9-4-3-5-10(15)6-9/h3-6,15H,7H2,1-2H3. The van der Waals surface area contributed by atoms with E-state index in [1.807, 2.05) is 0 Å². The number of phenols is 1. The summed E-state index contributed by atoms with van der Waals surface area (Å²) >= 11 is 0. The summed E-state index contributed by atoms with van der Waals surface area (Å²) in [6.45, 7) is 1.56. The number of rotatable bonds is 2. The van der Waals surface area contributed by atoms with Gasteiger partial charge in [-0.1, -0.05) is 12.1 Å². The zero-order valence-electron chi connectivity index (χ0n) is 9.64. The Hall–Kier alpha value is -2.04. The summed E-state index contributed by atoms with van der Waals surface area (Å²) in [5.74, 6) is -0.760. The molecular weight excluding hydrogens is 222 g/mol. The molecule has 1 heterocycles. The predicted molar refractivity (Wildman–Crippen MR) is 59.2 cm³/mol. The lowest BCUT2D eigenvalue weighted by Crippen LogP contribution is -2.64. The van der Waals surface area contributed by atoms with E-state index in [-0.39, 0.29) is 11.7 Å². The minimum absolute atomic E-state index is 0.0383. The average molecular weight is 235 g/mol. The number of carbonyl (C=O) groups is 2. The fourth-order valence-corrected chi connectivity index (χ4v) is 2.04. The van der Waals surface area contributed by atoms with Gasteiger partial charge in [-0.15, -0.1) is 0 Å². The van der Waals surface area contributed by atoms with Gasteiger partial charge in [0.2, 0.25) is 5.60 Å². The molecule has 5 heteroatoms. The smallest absolute Gasteiger partial charge is 0.304 e. The number of phenolic OH excluding ortho intramolecular Hbond substituents is 1. The number of nitrogens with zero attached hydrogens (tertiary/aromatic N) is 1. The number of esters is 1. The highest BCUT2D eigenvalue weighted by Gasteiger charge is 2.55. The van der Waals surface area contributed by atoms with Gasteiger partial charge in [-0.25, -0.2) is 0 Å². The molecule has 1 aliphatic heterocycles. The van der Waals surface area contributed by atoms with E-state index >= 15 is 0 Å². The Kier molecular flexibility index (Phi) is 2.53. The first-order chi connectivity index (χ1) is 7.95. The van der Waals surface area contributed by atoms with Crippen LogP contribution in [-0.4, -0.2) is 35.5 Å². The van der Waals surface area contributed by atoms with Crippen LogP contribution >= 0.6 is 0 Å². The number of hydrogen-bond donors (Lipinski definition) is 1. The van der Waals surface area contributed by atoms with Gasteiger partial charge in [0.25, 0.3) is 5.91 Å². The first-order valence-corrected chi connectivity index (χ1v) is 5.20. The third-order valence-electron chi connectivity index (χ3n) is 2.78. The molecule has 1 unspecified atom stereocenters. The van der Waals surface area contributed by atoms with Gasteiger partial charge in [0, 0.05) is 19.5 Å². The van der Waals surface area contributed by atoms with Gasteiger partial charge in [0.15, 0.2) is 0 Å². The molecule has 1 atom stereocenters. The third-order valence-corrected chi connectivity index (χ3v) is 2.78. The van der Waals surface area contributed by atoms with Gasteiger partial charge in [0.05, 0.1) is 6.54 Å². The topological polar surface area (TPSA) is 66.8 Å². The van der Waals surface area contributed by atoms with Crippen molar-refractivity contribution in [3.63, 3.8) is 0 Å². The van der Waals surface area contributed by atoms with Gasteiger partial charge < -0.3 is 14.7 Å². The summed E-state index contributed by atoms with van der Waals surface area (Å²) in [5.41, 5.74) is -0.768. The number of aromatic hydroxyl groups is 1. The summed E-state index contributed by atoms with van der Waals surface area (Å²) in [5, 5.41) is 9.42. The van der Waals surface area contributed by atoms with Crippen molar-refractivity contribution in [2.75, 3.05) is 13.6 Å². The van der Waals surface area contributed by atoms with Crippen molar-refractivity contribution >= 4 is 11.9 Å². The number of likely N-dealkylation sites (tertiary alicyclic amines) is 1. The minimum atomic E-state index is -1.26. The Morgan fingerprint density at radius 2 is 2.24 bits per heavy atom. The molecule has 1 N–H and O–H groups in total. The van der Waals surface area contributed by atoms with Crippen molar-refractivity contribution in [1.29, 1.82) is 0 Å². The van der Waals surface area contributed by atoms with Gasteiger partial charge in [-0.3, -0.25) is 9.59 Å². The maximum absolute atomic E-state index is 11.9. The number of amides is 1. The molecule has 1 aromatic carbocycles. The van der Waals surface area contributed by atoms with Crippen LogP contribution in [0.4, 0.5) is 0 Å². The number of carbonyl (C=O) groups excluding carboxylic acids is 2. The normalized spacial score (nSPS) is 23.2. The lowest BCUT2D eigenvalue weighted by molar-refractivity contribution is -0.193. The molecule has 1 amide bonds. The minimum Gasteiger partial charge on any atom is -0.508 e. The zero-order chi connectivity index (χ0) is 12.6. The number of ether oxygens (including phenoxy) is 1. The predicted octanol–water partition coefficient (Wildman–Crippen LogP) is 0.623. The second kappa shape index (κ2) is 3.76. The molecule has 0 spiro atoms. The zero-order valence-corrected chi connectivity index (χ0v) is 9.64. The van der Waals surface area contributed by atoms with E-state index in [0.717, 1.165) is 0 Å². The second-order valence-corrected chi connectivity index (χ2v) is 4.13. The average Bonchev–Trinajstić information content (AvgIpc) is 2.27. The SMILES string of the molecule is CC(=O)OC1(c2cccc(O)c2)CN(C)C1=O. The summed E-state index contributed by atoms with van der Waals surface area (Å²) in [6.07, 6.45) is 0. The molecule has 2 rings (SSSR count). The number of likely N-dealkylation sites (N-methyl/N-ethyl adjacent to an activating group) is 1. The molecule has 90 valence electrons. The van der Waals surface area contributed by atoms with E-state index in [4.69, 9.17) is 4.74 Å². The summed E-state index contributed by atoms with van der Waals surface area (Å²) in [7, 11) is 1.63.